The van der Waals surface area contributed by atoms with Gasteiger partial charge in [0.25, 0.3) is 5.91 Å². The van der Waals surface area contributed by atoms with Crippen molar-refractivity contribution in [2.24, 2.45) is 5.92 Å². The van der Waals surface area contributed by atoms with Gasteiger partial charge in [0.15, 0.2) is 5.69 Å². The number of aryl methyl sites for hydroxylation is 1. The highest BCUT2D eigenvalue weighted by atomic mass is 19.1. The fraction of sp³-hybridized carbons (Fsp3) is 0.389. The van der Waals surface area contributed by atoms with E-state index in [2.05, 4.69) is 12.0 Å². The van der Waals surface area contributed by atoms with Crippen molar-refractivity contribution >= 4 is 5.91 Å². The van der Waals surface area contributed by atoms with Gasteiger partial charge in [0, 0.05) is 24.8 Å². The summed E-state index contributed by atoms with van der Waals surface area (Å²) in [6.07, 6.45) is 1.99. The number of hydrogen-bond acceptors (Lipinski definition) is 3. The van der Waals surface area contributed by atoms with Crippen LogP contribution in [0.5, 0.6) is 0 Å². The second-order valence-electron chi connectivity index (χ2n) is 6.36. The largest absolute Gasteiger partial charge is 0.337 e. The summed E-state index contributed by atoms with van der Waals surface area (Å²) in [5.74, 6) is -0.430. The summed E-state index contributed by atoms with van der Waals surface area (Å²) in [7, 11) is 0. The minimum absolute atomic E-state index is 0.155. The molecule has 5 nitrogen and oxygen atoms in total. The average Bonchev–Trinajstić information content (AvgIpc) is 2.55. The molecule has 1 aliphatic rings. The first-order valence-corrected chi connectivity index (χ1v) is 8.12. The molecular weight excluding hydrogens is 309 g/mol. The molecular formula is C18H20FN3O2. The molecule has 126 valence electrons. The molecule has 2 aromatic rings. The Morgan fingerprint density at radius 2 is 2.08 bits per heavy atom. The first-order valence-electron chi connectivity index (χ1n) is 8.12. The molecule has 1 aromatic heterocycles. The topological polar surface area (TPSA) is 55.2 Å². The third-order valence-corrected chi connectivity index (χ3v) is 4.33. The summed E-state index contributed by atoms with van der Waals surface area (Å²) >= 11 is 0. The lowest BCUT2D eigenvalue weighted by Crippen LogP contribution is -2.42. The predicted octanol–water partition coefficient (Wildman–Crippen LogP) is 2.55. The molecule has 1 atom stereocenters. The third kappa shape index (κ3) is 3.09. The molecule has 3 rings (SSSR count). The Bertz CT molecular complexity index is 831. The third-order valence-electron chi connectivity index (χ3n) is 4.33. The lowest BCUT2D eigenvalue weighted by atomic mass is 10.00. The molecule has 0 saturated carbocycles. The summed E-state index contributed by atoms with van der Waals surface area (Å²) in [5.41, 5.74) is 0.117. The number of para-hydroxylation sites is 1. The van der Waals surface area contributed by atoms with E-state index in [1.807, 2.05) is 0 Å². The van der Waals surface area contributed by atoms with E-state index in [9.17, 15) is 14.0 Å². The van der Waals surface area contributed by atoms with Crippen molar-refractivity contribution in [3.05, 3.63) is 57.8 Å². The SMILES string of the molecule is Cc1cc(=O)c(C(=O)N2CCC[C@@H](C)C2)nn1-c1ccccc1F. The lowest BCUT2D eigenvalue weighted by molar-refractivity contribution is 0.0673. The fourth-order valence-corrected chi connectivity index (χ4v) is 3.09. The molecule has 2 heterocycles. The van der Waals surface area contributed by atoms with Crippen molar-refractivity contribution in [3.63, 3.8) is 0 Å². The van der Waals surface area contributed by atoms with Crippen LogP contribution in [0.15, 0.2) is 35.1 Å². The number of likely N-dealkylation sites (tertiary alicyclic amines) is 1. The first kappa shape index (κ1) is 16.4. The predicted molar refractivity (Wildman–Crippen MR) is 88.8 cm³/mol. The van der Waals surface area contributed by atoms with E-state index < -0.39 is 11.2 Å². The zero-order valence-electron chi connectivity index (χ0n) is 13.8. The van der Waals surface area contributed by atoms with Gasteiger partial charge in [-0.1, -0.05) is 19.1 Å². The first-order chi connectivity index (χ1) is 11.5. The Balaban J connectivity index is 2.03. The maximum atomic E-state index is 14.1. The van der Waals surface area contributed by atoms with Crippen LogP contribution in [0.1, 0.15) is 35.9 Å². The van der Waals surface area contributed by atoms with E-state index in [1.165, 1.54) is 16.8 Å². The summed E-state index contributed by atoms with van der Waals surface area (Å²) in [5, 5.41) is 4.18. The van der Waals surface area contributed by atoms with E-state index in [0.717, 1.165) is 12.8 Å². The molecule has 0 bridgehead atoms. The van der Waals surface area contributed by atoms with Crippen molar-refractivity contribution in [2.75, 3.05) is 13.1 Å². The number of carbonyl (C=O) groups is 1. The van der Waals surface area contributed by atoms with Crippen LogP contribution in [-0.4, -0.2) is 33.7 Å². The van der Waals surface area contributed by atoms with E-state index in [-0.39, 0.29) is 17.3 Å². The second kappa shape index (κ2) is 6.55. The molecule has 0 aliphatic carbocycles. The van der Waals surface area contributed by atoms with Crippen molar-refractivity contribution < 1.29 is 9.18 Å². The van der Waals surface area contributed by atoms with Crippen molar-refractivity contribution in [1.29, 1.82) is 0 Å². The molecule has 1 saturated heterocycles. The van der Waals surface area contributed by atoms with Gasteiger partial charge in [-0.3, -0.25) is 9.59 Å². The van der Waals surface area contributed by atoms with Crippen molar-refractivity contribution in [3.8, 4) is 5.69 Å². The monoisotopic (exact) mass is 329 g/mol. The van der Waals surface area contributed by atoms with Crippen LogP contribution in [0.3, 0.4) is 0 Å². The summed E-state index contributed by atoms with van der Waals surface area (Å²) in [6, 6.07) is 7.49. The normalized spacial score (nSPS) is 17.8. The van der Waals surface area contributed by atoms with Gasteiger partial charge in [0.1, 0.15) is 11.5 Å². The number of aromatic nitrogens is 2. The van der Waals surface area contributed by atoms with Crippen molar-refractivity contribution in [1.82, 2.24) is 14.7 Å². The Kier molecular flexibility index (Phi) is 4.46. The van der Waals surface area contributed by atoms with Gasteiger partial charge in [-0.05, 0) is 37.8 Å². The van der Waals surface area contributed by atoms with E-state index in [1.54, 1.807) is 30.0 Å². The quantitative estimate of drug-likeness (QED) is 0.851. The maximum absolute atomic E-state index is 14.1. The Labute approximate surface area is 139 Å². The lowest BCUT2D eigenvalue weighted by Gasteiger charge is -2.30. The van der Waals surface area contributed by atoms with Crippen LogP contribution < -0.4 is 5.43 Å². The molecule has 1 aromatic carbocycles. The van der Waals surface area contributed by atoms with Crippen molar-refractivity contribution in [2.45, 2.75) is 26.7 Å². The second-order valence-corrected chi connectivity index (χ2v) is 6.36. The number of hydrogen-bond donors (Lipinski definition) is 0. The van der Waals surface area contributed by atoms with E-state index in [4.69, 9.17) is 0 Å². The van der Waals surface area contributed by atoms with Gasteiger partial charge in [-0.25, -0.2) is 9.07 Å². The van der Waals surface area contributed by atoms with E-state index in [0.29, 0.717) is 24.7 Å². The Morgan fingerprint density at radius 1 is 1.33 bits per heavy atom. The zero-order chi connectivity index (χ0) is 17.3. The Hall–Kier alpha value is -2.50. The molecule has 0 radical (unpaired) electrons. The van der Waals surface area contributed by atoms with Gasteiger partial charge in [0.2, 0.25) is 5.43 Å². The van der Waals surface area contributed by atoms with Gasteiger partial charge in [-0.2, -0.15) is 5.10 Å². The highest BCUT2D eigenvalue weighted by molar-refractivity contribution is 5.92. The number of benzene rings is 1. The van der Waals surface area contributed by atoms with Gasteiger partial charge in [0.05, 0.1) is 0 Å². The van der Waals surface area contributed by atoms with E-state index >= 15 is 0 Å². The van der Waals surface area contributed by atoms with Crippen LogP contribution in [0.4, 0.5) is 4.39 Å². The van der Waals surface area contributed by atoms with Gasteiger partial charge in [-0.15, -0.1) is 0 Å². The molecule has 0 spiro atoms. The number of halogens is 1. The smallest absolute Gasteiger partial charge is 0.278 e. The standard InChI is InChI=1S/C18H20FN3O2/c1-12-6-5-9-21(11-12)18(24)17-16(23)10-13(2)22(20-17)15-8-4-3-7-14(15)19/h3-4,7-8,10,12H,5-6,9,11H2,1-2H3/t12-/m1/s1. The molecule has 0 N–H and O–H groups in total. The average molecular weight is 329 g/mol. The van der Waals surface area contributed by atoms with Crippen LogP contribution in [-0.2, 0) is 0 Å². The molecule has 1 fully saturated rings. The molecule has 1 aliphatic heterocycles. The number of rotatable bonds is 2. The molecule has 6 heteroatoms. The minimum Gasteiger partial charge on any atom is -0.337 e. The summed E-state index contributed by atoms with van der Waals surface area (Å²) in [4.78, 5) is 26.6. The molecule has 1 amide bonds. The number of nitrogens with zero attached hydrogens (tertiary/aromatic N) is 3. The van der Waals surface area contributed by atoms with Gasteiger partial charge >= 0.3 is 0 Å². The fourth-order valence-electron chi connectivity index (χ4n) is 3.09. The minimum atomic E-state index is -0.457. The number of carbonyl (C=O) groups excluding carboxylic acids is 1. The van der Waals surface area contributed by atoms with Gasteiger partial charge < -0.3 is 4.90 Å². The molecule has 0 unspecified atom stereocenters. The maximum Gasteiger partial charge on any atom is 0.278 e. The van der Waals surface area contributed by atoms with Crippen LogP contribution >= 0.6 is 0 Å². The summed E-state index contributed by atoms with van der Waals surface area (Å²) < 4.78 is 15.4. The van der Waals surface area contributed by atoms with Crippen LogP contribution in [0.2, 0.25) is 0 Å². The highest BCUT2D eigenvalue weighted by Gasteiger charge is 2.25. The van der Waals surface area contributed by atoms with Crippen LogP contribution in [0.25, 0.3) is 5.69 Å². The number of piperidine rings is 1. The highest BCUT2D eigenvalue weighted by Crippen LogP contribution is 2.17. The molecule has 24 heavy (non-hydrogen) atoms. The van der Waals surface area contributed by atoms with Crippen LogP contribution in [0, 0.1) is 18.7 Å². The number of amides is 1. The zero-order valence-corrected chi connectivity index (χ0v) is 13.8. The Morgan fingerprint density at radius 3 is 2.79 bits per heavy atom. The summed E-state index contributed by atoms with van der Waals surface area (Å²) in [6.45, 7) is 4.99.